The van der Waals surface area contributed by atoms with Crippen molar-refractivity contribution in [3.8, 4) is 11.4 Å². The highest BCUT2D eigenvalue weighted by molar-refractivity contribution is 5.55. The van der Waals surface area contributed by atoms with Gasteiger partial charge in [-0.25, -0.2) is 14.4 Å². The minimum Gasteiger partial charge on any atom is -0.248 e. The fraction of sp³-hybridized carbons (Fsp3) is 0.677. The molecular weight excluding hydrogens is 419 g/mol. The third-order valence-corrected chi connectivity index (χ3v) is 6.91. The molecule has 0 N–H and O–H groups in total. The number of nitrogens with zero attached hydrogens (tertiary/aromatic N) is 2. The minimum atomic E-state index is -0.582. The fourth-order valence-electron chi connectivity index (χ4n) is 4.52. The molecule has 0 amide bonds. The summed E-state index contributed by atoms with van der Waals surface area (Å²) in [6.45, 7) is 4.20. The van der Waals surface area contributed by atoms with Crippen LogP contribution in [0, 0.1) is 0 Å². The third-order valence-electron chi connectivity index (χ3n) is 6.91. The second-order valence-electron chi connectivity index (χ2n) is 10.0. The number of benzene rings is 1. The average molecular weight is 469 g/mol. The predicted molar refractivity (Wildman–Crippen MR) is 145 cm³/mol. The molecule has 190 valence electrons. The average Bonchev–Trinajstić information content (AvgIpc) is 2.88. The van der Waals surface area contributed by atoms with Gasteiger partial charge in [0.25, 0.3) is 0 Å². The SMILES string of the molecule is CCCCCCCCc1cnc(-c2ccc(CCCCCCCCCCC(F)CC)cc2)nc1. The summed E-state index contributed by atoms with van der Waals surface area (Å²) in [7, 11) is 0. The van der Waals surface area contributed by atoms with E-state index in [2.05, 4.69) is 41.2 Å². The van der Waals surface area contributed by atoms with Gasteiger partial charge < -0.3 is 0 Å². The Hall–Kier alpha value is -1.77. The Bertz CT molecular complexity index is 726. The summed E-state index contributed by atoms with van der Waals surface area (Å²) in [6, 6.07) is 8.80. The molecule has 2 nitrogen and oxygen atoms in total. The van der Waals surface area contributed by atoms with Crippen LogP contribution in [-0.4, -0.2) is 16.1 Å². The molecule has 2 aromatic rings. The fourth-order valence-corrected chi connectivity index (χ4v) is 4.52. The highest BCUT2D eigenvalue weighted by Gasteiger charge is 2.04. The molecule has 1 unspecified atom stereocenters. The van der Waals surface area contributed by atoms with Crippen molar-refractivity contribution in [2.75, 3.05) is 0 Å². The first-order chi connectivity index (χ1) is 16.7. The van der Waals surface area contributed by atoms with Crippen LogP contribution < -0.4 is 0 Å². The number of aromatic nitrogens is 2. The summed E-state index contributed by atoms with van der Waals surface area (Å²) < 4.78 is 13.2. The van der Waals surface area contributed by atoms with Crippen LogP contribution in [0.1, 0.15) is 128 Å². The normalized spacial score (nSPS) is 12.2. The number of unbranched alkanes of at least 4 members (excludes halogenated alkanes) is 12. The quantitative estimate of drug-likeness (QED) is 0.181. The van der Waals surface area contributed by atoms with Crippen LogP contribution >= 0.6 is 0 Å². The largest absolute Gasteiger partial charge is 0.248 e. The lowest BCUT2D eigenvalue weighted by Crippen LogP contribution is -1.96. The van der Waals surface area contributed by atoms with E-state index in [0.29, 0.717) is 6.42 Å². The molecule has 0 bridgehead atoms. The van der Waals surface area contributed by atoms with Gasteiger partial charge >= 0.3 is 0 Å². The van der Waals surface area contributed by atoms with Crippen LogP contribution in [-0.2, 0) is 12.8 Å². The number of hydrogen-bond acceptors (Lipinski definition) is 2. The highest BCUT2D eigenvalue weighted by Crippen LogP contribution is 2.18. The molecular formula is C31H49FN2. The maximum atomic E-state index is 13.2. The molecule has 1 heterocycles. The number of hydrogen-bond donors (Lipinski definition) is 0. The lowest BCUT2D eigenvalue weighted by molar-refractivity contribution is 0.296. The molecule has 0 aliphatic rings. The maximum Gasteiger partial charge on any atom is 0.159 e. The number of alkyl halides is 1. The van der Waals surface area contributed by atoms with Gasteiger partial charge in [0.05, 0.1) is 6.17 Å². The van der Waals surface area contributed by atoms with Crippen molar-refractivity contribution in [2.24, 2.45) is 0 Å². The Morgan fingerprint density at radius 2 is 1.12 bits per heavy atom. The molecule has 0 radical (unpaired) electrons. The summed E-state index contributed by atoms with van der Waals surface area (Å²) >= 11 is 0. The van der Waals surface area contributed by atoms with Gasteiger partial charge in [-0.1, -0.05) is 115 Å². The van der Waals surface area contributed by atoms with Crippen LogP contribution in [0.5, 0.6) is 0 Å². The Morgan fingerprint density at radius 3 is 1.68 bits per heavy atom. The predicted octanol–water partition coefficient (Wildman–Crippen LogP) is 9.85. The topological polar surface area (TPSA) is 25.8 Å². The van der Waals surface area contributed by atoms with Gasteiger partial charge in [-0.05, 0) is 49.7 Å². The van der Waals surface area contributed by atoms with Crippen molar-refractivity contribution >= 4 is 0 Å². The first-order valence-electron chi connectivity index (χ1n) is 14.3. The Labute approximate surface area is 209 Å². The van der Waals surface area contributed by atoms with Crippen molar-refractivity contribution in [1.82, 2.24) is 9.97 Å². The van der Waals surface area contributed by atoms with E-state index >= 15 is 0 Å². The van der Waals surface area contributed by atoms with E-state index < -0.39 is 6.17 Å². The van der Waals surface area contributed by atoms with Gasteiger partial charge in [-0.2, -0.15) is 0 Å². The van der Waals surface area contributed by atoms with Gasteiger partial charge in [0.2, 0.25) is 0 Å². The Balaban J connectivity index is 1.56. The summed E-state index contributed by atoms with van der Waals surface area (Å²) in [5.74, 6) is 0.829. The van der Waals surface area contributed by atoms with Gasteiger partial charge in [-0.15, -0.1) is 0 Å². The van der Waals surface area contributed by atoms with E-state index in [0.717, 1.165) is 37.1 Å². The zero-order valence-corrected chi connectivity index (χ0v) is 22.0. The van der Waals surface area contributed by atoms with E-state index in [-0.39, 0.29) is 0 Å². The van der Waals surface area contributed by atoms with Crippen LogP contribution in [0.2, 0.25) is 0 Å². The van der Waals surface area contributed by atoms with E-state index in [1.54, 1.807) is 0 Å². The summed E-state index contributed by atoms with van der Waals surface area (Å²) in [6.07, 6.45) is 25.0. The molecule has 0 fully saturated rings. The lowest BCUT2D eigenvalue weighted by atomic mass is 10.0. The van der Waals surface area contributed by atoms with E-state index in [4.69, 9.17) is 0 Å². The molecule has 0 aliphatic heterocycles. The van der Waals surface area contributed by atoms with Crippen molar-refractivity contribution < 1.29 is 4.39 Å². The smallest absolute Gasteiger partial charge is 0.159 e. The zero-order chi connectivity index (χ0) is 24.3. The van der Waals surface area contributed by atoms with Crippen LogP contribution in [0.3, 0.4) is 0 Å². The van der Waals surface area contributed by atoms with E-state index in [9.17, 15) is 4.39 Å². The van der Waals surface area contributed by atoms with E-state index in [1.165, 1.54) is 94.6 Å². The van der Waals surface area contributed by atoms with Crippen molar-refractivity contribution in [3.05, 3.63) is 47.8 Å². The molecule has 0 saturated carbocycles. The summed E-state index contributed by atoms with van der Waals surface area (Å²) in [4.78, 5) is 9.23. The molecule has 0 spiro atoms. The maximum absolute atomic E-state index is 13.2. The van der Waals surface area contributed by atoms with Gasteiger partial charge in [0.15, 0.2) is 5.82 Å². The lowest BCUT2D eigenvalue weighted by Gasteiger charge is -2.06. The van der Waals surface area contributed by atoms with Crippen molar-refractivity contribution in [3.63, 3.8) is 0 Å². The first kappa shape index (κ1) is 28.5. The minimum absolute atomic E-state index is 0.582. The molecule has 34 heavy (non-hydrogen) atoms. The molecule has 0 aliphatic carbocycles. The molecule has 0 saturated heterocycles. The van der Waals surface area contributed by atoms with Crippen LogP contribution in [0.4, 0.5) is 4.39 Å². The molecule has 1 atom stereocenters. The molecule has 1 aromatic carbocycles. The Kier molecular flexibility index (Phi) is 15.5. The molecule has 3 heteroatoms. The van der Waals surface area contributed by atoms with Crippen molar-refractivity contribution in [1.29, 1.82) is 0 Å². The molecule has 2 rings (SSSR count). The highest BCUT2D eigenvalue weighted by atomic mass is 19.1. The first-order valence-corrected chi connectivity index (χ1v) is 14.3. The van der Waals surface area contributed by atoms with Gasteiger partial charge in [0.1, 0.15) is 0 Å². The van der Waals surface area contributed by atoms with Gasteiger partial charge in [0, 0.05) is 18.0 Å². The molecule has 1 aromatic heterocycles. The van der Waals surface area contributed by atoms with Gasteiger partial charge in [-0.3, -0.25) is 0 Å². The third kappa shape index (κ3) is 12.6. The second kappa shape index (κ2) is 18.5. The Morgan fingerprint density at radius 1 is 0.618 bits per heavy atom. The second-order valence-corrected chi connectivity index (χ2v) is 10.0. The number of halogens is 1. The van der Waals surface area contributed by atoms with Crippen LogP contribution in [0.25, 0.3) is 11.4 Å². The van der Waals surface area contributed by atoms with E-state index in [1.807, 2.05) is 19.3 Å². The standard InChI is InChI=1S/C31H49FN2/c1-3-5-6-7-12-16-19-28-25-33-31(34-26-28)29-23-21-27(22-24-29)18-15-13-10-8-9-11-14-17-20-30(32)4-2/h21-26,30H,3-20H2,1-2H3. The zero-order valence-electron chi connectivity index (χ0n) is 22.0. The number of aryl methyl sites for hydroxylation is 2. The monoisotopic (exact) mass is 468 g/mol. The summed E-state index contributed by atoms with van der Waals surface area (Å²) in [5.41, 5.74) is 3.76. The summed E-state index contributed by atoms with van der Waals surface area (Å²) in [5, 5.41) is 0. The van der Waals surface area contributed by atoms with Crippen LogP contribution in [0.15, 0.2) is 36.7 Å². The number of rotatable bonds is 20. The van der Waals surface area contributed by atoms with Crippen molar-refractivity contribution in [2.45, 2.75) is 136 Å².